The fourth-order valence-electron chi connectivity index (χ4n) is 5.31. The van der Waals surface area contributed by atoms with Crippen LogP contribution in [0.5, 0.6) is 11.5 Å². The van der Waals surface area contributed by atoms with E-state index in [2.05, 4.69) is 72.8 Å². The Morgan fingerprint density at radius 3 is 1.25 bits per heavy atom. The molecule has 0 aliphatic heterocycles. The van der Waals surface area contributed by atoms with Crippen molar-refractivity contribution >= 4 is 21.5 Å². The molecule has 0 atom stereocenters. The van der Waals surface area contributed by atoms with E-state index in [9.17, 15) is 10.2 Å². The minimum atomic E-state index is -0.0890. The van der Waals surface area contributed by atoms with Gasteiger partial charge in [0.15, 0.2) is 0 Å². The zero-order chi connectivity index (χ0) is 27.3. The normalized spacial score (nSPS) is 11.2. The lowest BCUT2D eigenvalue weighted by atomic mass is 9.90. The fraction of sp³-hybridized carbons (Fsp3) is 0.111. The number of fused-ring (bicyclic) bond motifs is 2. The van der Waals surface area contributed by atoms with Crippen LogP contribution in [0.15, 0.2) is 121 Å². The SMILES string of the molecule is OCCOc1ccc2cc(-c3ccccc3)ccc2c1-c1c(OCCO)ccc2cc(-c3ccccc3)ccc12. The number of aliphatic hydroxyl groups excluding tert-OH is 2. The van der Waals surface area contributed by atoms with Crippen LogP contribution in [0.2, 0.25) is 0 Å². The zero-order valence-corrected chi connectivity index (χ0v) is 22.1. The van der Waals surface area contributed by atoms with Gasteiger partial charge in [-0.25, -0.2) is 0 Å². The van der Waals surface area contributed by atoms with Gasteiger partial charge in [-0.05, 0) is 68.1 Å². The zero-order valence-electron chi connectivity index (χ0n) is 22.1. The smallest absolute Gasteiger partial charge is 0.128 e. The number of ether oxygens (including phenoxy) is 2. The number of rotatable bonds is 9. The van der Waals surface area contributed by atoms with Crippen molar-refractivity contribution in [1.82, 2.24) is 0 Å². The molecule has 6 aromatic rings. The highest BCUT2D eigenvalue weighted by molar-refractivity contribution is 6.11. The summed E-state index contributed by atoms with van der Waals surface area (Å²) in [5, 5.41) is 23.3. The number of benzene rings is 6. The summed E-state index contributed by atoms with van der Waals surface area (Å²) in [6, 6.07) is 41.6. The third kappa shape index (κ3) is 5.03. The van der Waals surface area contributed by atoms with Crippen molar-refractivity contribution in [2.24, 2.45) is 0 Å². The molecule has 0 radical (unpaired) electrons. The Kier molecular flexibility index (Phi) is 7.45. The van der Waals surface area contributed by atoms with E-state index in [1.165, 1.54) is 0 Å². The van der Waals surface area contributed by atoms with Gasteiger partial charge < -0.3 is 19.7 Å². The Morgan fingerprint density at radius 2 is 0.850 bits per heavy atom. The molecule has 198 valence electrons. The van der Waals surface area contributed by atoms with Crippen LogP contribution in [-0.2, 0) is 0 Å². The van der Waals surface area contributed by atoms with E-state index in [1.807, 2.05) is 48.5 Å². The Morgan fingerprint density at radius 1 is 0.425 bits per heavy atom. The van der Waals surface area contributed by atoms with Gasteiger partial charge in [0, 0.05) is 11.1 Å². The maximum absolute atomic E-state index is 9.57. The number of hydrogen-bond acceptors (Lipinski definition) is 4. The summed E-state index contributed by atoms with van der Waals surface area (Å²) >= 11 is 0. The van der Waals surface area contributed by atoms with E-state index in [1.54, 1.807) is 0 Å². The average molecular weight is 527 g/mol. The summed E-state index contributed by atoms with van der Waals surface area (Å²) in [4.78, 5) is 0. The predicted octanol–water partition coefficient (Wildman–Crippen LogP) is 7.74. The lowest BCUT2D eigenvalue weighted by Crippen LogP contribution is -2.05. The summed E-state index contributed by atoms with van der Waals surface area (Å²) in [5.41, 5.74) is 6.36. The summed E-state index contributed by atoms with van der Waals surface area (Å²) in [5.74, 6) is 1.34. The van der Waals surface area contributed by atoms with Crippen LogP contribution in [-0.4, -0.2) is 36.6 Å². The van der Waals surface area contributed by atoms with Gasteiger partial charge >= 0.3 is 0 Å². The fourth-order valence-corrected chi connectivity index (χ4v) is 5.31. The molecule has 0 heterocycles. The van der Waals surface area contributed by atoms with Gasteiger partial charge in [0.25, 0.3) is 0 Å². The van der Waals surface area contributed by atoms with E-state index in [0.29, 0.717) is 11.5 Å². The van der Waals surface area contributed by atoms with Crippen LogP contribution in [0.1, 0.15) is 0 Å². The first-order chi connectivity index (χ1) is 19.8. The standard InChI is InChI=1S/C36H30O4/c37-19-21-39-33-17-13-29-23-27(25-7-3-1-4-8-25)11-15-31(29)35(33)36-32-16-12-28(26-9-5-2-6-10-26)24-30(32)14-18-34(36)40-22-20-38/h1-18,23-24,37-38H,19-22H2. The number of hydrogen-bond donors (Lipinski definition) is 2. The lowest BCUT2D eigenvalue weighted by molar-refractivity contribution is 0.200. The first kappa shape index (κ1) is 25.6. The highest BCUT2D eigenvalue weighted by Gasteiger charge is 2.20. The van der Waals surface area contributed by atoms with Crippen LogP contribution in [0.25, 0.3) is 54.9 Å². The van der Waals surface area contributed by atoms with Gasteiger partial charge in [0.1, 0.15) is 24.7 Å². The van der Waals surface area contributed by atoms with Gasteiger partial charge in [-0.3, -0.25) is 0 Å². The molecule has 0 bridgehead atoms. The Balaban J connectivity index is 1.61. The van der Waals surface area contributed by atoms with Crippen molar-refractivity contribution in [3.63, 3.8) is 0 Å². The minimum absolute atomic E-state index is 0.0890. The largest absolute Gasteiger partial charge is 0.491 e. The van der Waals surface area contributed by atoms with Gasteiger partial charge in [-0.1, -0.05) is 97.1 Å². The van der Waals surface area contributed by atoms with Gasteiger partial charge in [0.05, 0.1) is 13.2 Å². The van der Waals surface area contributed by atoms with Gasteiger partial charge in [-0.2, -0.15) is 0 Å². The third-order valence-corrected chi connectivity index (χ3v) is 7.13. The second-order valence-corrected chi connectivity index (χ2v) is 9.63. The molecule has 4 heteroatoms. The topological polar surface area (TPSA) is 58.9 Å². The molecule has 0 aliphatic rings. The Bertz CT molecular complexity index is 1630. The van der Waals surface area contributed by atoms with Crippen LogP contribution >= 0.6 is 0 Å². The molecule has 0 fully saturated rings. The van der Waals surface area contributed by atoms with Crippen LogP contribution in [0, 0.1) is 0 Å². The lowest BCUT2D eigenvalue weighted by Gasteiger charge is -2.20. The molecule has 0 spiro atoms. The summed E-state index contributed by atoms with van der Waals surface area (Å²) < 4.78 is 12.2. The maximum atomic E-state index is 9.57. The maximum Gasteiger partial charge on any atom is 0.128 e. The minimum Gasteiger partial charge on any atom is -0.491 e. The molecule has 0 aliphatic carbocycles. The molecule has 4 nitrogen and oxygen atoms in total. The molecule has 6 aromatic carbocycles. The summed E-state index contributed by atoms with van der Waals surface area (Å²) in [7, 11) is 0. The molecule has 0 amide bonds. The monoisotopic (exact) mass is 526 g/mol. The second kappa shape index (κ2) is 11.6. The molecule has 0 saturated heterocycles. The molecule has 2 N–H and O–H groups in total. The number of aliphatic hydroxyl groups is 2. The van der Waals surface area contributed by atoms with Crippen LogP contribution in [0.4, 0.5) is 0 Å². The quantitative estimate of drug-likeness (QED) is 0.202. The van der Waals surface area contributed by atoms with Crippen molar-refractivity contribution in [1.29, 1.82) is 0 Å². The van der Waals surface area contributed by atoms with E-state index in [0.717, 1.165) is 54.9 Å². The van der Waals surface area contributed by atoms with Crippen LogP contribution in [0.3, 0.4) is 0 Å². The van der Waals surface area contributed by atoms with Crippen molar-refractivity contribution in [2.45, 2.75) is 0 Å². The molecular formula is C36H30O4. The predicted molar refractivity (Wildman–Crippen MR) is 163 cm³/mol. The molecular weight excluding hydrogens is 496 g/mol. The molecule has 40 heavy (non-hydrogen) atoms. The third-order valence-electron chi connectivity index (χ3n) is 7.13. The van der Waals surface area contributed by atoms with Crippen molar-refractivity contribution in [3.05, 3.63) is 121 Å². The second-order valence-electron chi connectivity index (χ2n) is 9.63. The Labute approximate surface area is 233 Å². The molecule has 0 saturated carbocycles. The molecule has 0 aromatic heterocycles. The van der Waals surface area contributed by atoms with Crippen molar-refractivity contribution in [2.75, 3.05) is 26.4 Å². The van der Waals surface area contributed by atoms with Crippen LogP contribution < -0.4 is 9.47 Å². The first-order valence-electron chi connectivity index (χ1n) is 13.5. The van der Waals surface area contributed by atoms with E-state index < -0.39 is 0 Å². The highest BCUT2D eigenvalue weighted by Crippen LogP contribution is 2.46. The first-order valence-corrected chi connectivity index (χ1v) is 13.5. The summed E-state index contributed by atoms with van der Waals surface area (Å²) in [6.07, 6.45) is 0. The molecule has 0 unspecified atom stereocenters. The average Bonchev–Trinajstić information content (AvgIpc) is 3.02. The van der Waals surface area contributed by atoms with E-state index >= 15 is 0 Å². The van der Waals surface area contributed by atoms with E-state index in [4.69, 9.17) is 9.47 Å². The summed E-state index contributed by atoms with van der Waals surface area (Å²) in [6.45, 7) is 0.176. The Hall–Kier alpha value is -4.64. The van der Waals surface area contributed by atoms with Crippen molar-refractivity contribution < 1.29 is 19.7 Å². The highest BCUT2D eigenvalue weighted by atomic mass is 16.5. The van der Waals surface area contributed by atoms with E-state index in [-0.39, 0.29) is 26.4 Å². The molecule has 6 rings (SSSR count). The van der Waals surface area contributed by atoms with Crippen molar-refractivity contribution in [3.8, 4) is 44.9 Å². The van der Waals surface area contributed by atoms with Gasteiger partial charge in [0.2, 0.25) is 0 Å². The van der Waals surface area contributed by atoms with Gasteiger partial charge in [-0.15, -0.1) is 0 Å².